The summed E-state index contributed by atoms with van der Waals surface area (Å²) in [7, 11) is -16.9. The van der Waals surface area contributed by atoms with Gasteiger partial charge in [0.2, 0.25) is 0 Å². The van der Waals surface area contributed by atoms with Gasteiger partial charge in [0, 0.05) is 25.0 Å². The first-order valence-electron chi connectivity index (χ1n) is 11.1. The molecule has 2 aromatic rings. The van der Waals surface area contributed by atoms with Crippen molar-refractivity contribution < 1.29 is 70.8 Å². The van der Waals surface area contributed by atoms with Crippen molar-refractivity contribution in [3.05, 3.63) is 18.1 Å². The van der Waals surface area contributed by atoms with Gasteiger partial charge >= 0.3 is 23.5 Å². The van der Waals surface area contributed by atoms with Gasteiger partial charge in [-0.05, 0) is 20.8 Å². The maximum absolute atomic E-state index is 12.1. The van der Waals surface area contributed by atoms with Crippen molar-refractivity contribution in [3.63, 3.8) is 0 Å². The number of aliphatic hydroxyl groups excluding tert-OH is 1. The number of hydrogen-bond donors (Lipinski definition) is 7. The number of fused-ring (bicyclic) bond motifs is 1. The lowest BCUT2D eigenvalue weighted by Gasteiger charge is -2.27. The van der Waals surface area contributed by atoms with Crippen LogP contribution < -0.4 is 5.73 Å². The third-order valence-electron chi connectivity index (χ3n) is 5.38. The van der Waals surface area contributed by atoms with E-state index in [1.54, 1.807) is 13.8 Å². The molecule has 0 spiro atoms. The molecule has 0 bridgehead atoms. The van der Waals surface area contributed by atoms with E-state index >= 15 is 0 Å². The molecule has 1 aliphatic heterocycles. The van der Waals surface area contributed by atoms with Crippen LogP contribution in [0.1, 0.15) is 38.9 Å². The van der Waals surface area contributed by atoms with Crippen LogP contribution in [-0.2, 0) is 41.1 Å². The largest absolute Gasteiger partial charge is 0.490 e. The molecular weight excluding hydrogens is 593 g/mol. The summed E-state index contributed by atoms with van der Waals surface area (Å²) in [6.07, 6.45) is -3.01. The molecule has 2 unspecified atom stereocenters. The normalized spacial score (nSPS) is 27.2. The van der Waals surface area contributed by atoms with E-state index in [1.807, 2.05) is 0 Å². The van der Waals surface area contributed by atoms with Gasteiger partial charge in [0.05, 0.1) is 12.0 Å². The van der Waals surface area contributed by atoms with Crippen molar-refractivity contribution in [3.8, 4) is 0 Å². The minimum atomic E-state index is -5.76. The Hall–Kier alpha value is -1.37. The lowest BCUT2D eigenvalue weighted by molar-refractivity contribution is -0.140. The van der Waals surface area contributed by atoms with E-state index in [1.165, 1.54) is 17.7 Å². The van der Waals surface area contributed by atoms with Crippen molar-refractivity contribution in [2.75, 3.05) is 25.6 Å². The standard InChI is InChI=1S/C17H29N4O15P3/c1-4-31-15(32-5-2)9-6-21(14-11(9)13(18)19-8-20-14)16-17(3,23)12(22)10(34-16)7-33-38(27,28)36-39(29,30)35-37(24,25)26/h6,8,10,12,15-16,22-23H,4-5,7H2,1-3H3,(H,27,28)(H,29,30)(H2,18,19,20)(H2,24,25,26)/t10-,12-,16-,17-/m1/s1. The molecule has 3 heterocycles. The van der Waals surface area contributed by atoms with Gasteiger partial charge in [-0.25, -0.2) is 23.7 Å². The summed E-state index contributed by atoms with van der Waals surface area (Å²) in [6.45, 7) is 4.23. The SMILES string of the molecule is CCOC(OCC)c1cn([C@@H]2O[C@H](COP(=O)(O)OP(=O)(O)OP(=O)(O)O)[C@@H](O)[C@@]2(C)O)c2ncnc(N)c12. The van der Waals surface area contributed by atoms with Crippen molar-refractivity contribution in [1.29, 1.82) is 0 Å². The molecule has 1 saturated heterocycles. The number of nitrogens with two attached hydrogens (primary N) is 1. The van der Waals surface area contributed by atoms with Crippen LogP contribution in [0.4, 0.5) is 5.82 Å². The maximum Gasteiger partial charge on any atom is 0.490 e. The van der Waals surface area contributed by atoms with Crippen LogP contribution in [-0.4, -0.2) is 82.0 Å². The second-order valence-corrected chi connectivity index (χ2v) is 12.7. The van der Waals surface area contributed by atoms with Gasteiger partial charge in [-0.15, -0.1) is 0 Å². The first kappa shape index (κ1) is 32.1. The molecule has 2 aromatic heterocycles. The third-order valence-corrected chi connectivity index (χ3v) is 9.19. The van der Waals surface area contributed by atoms with E-state index in [4.69, 9.17) is 29.7 Å². The first-order chi connectivity index (χ1) is 17.9. The Balaban J connectivity index is 1.89. The summed E-state index contributed by atoms with van der Waals surface area (Å²) in [4.78, 5) is 44.4. The highest BCUT2D eigenvalue weighted by Gasteiger charge is 2.54. The Morgan fingerprint density at radius 1 is 1.10 bits per heavy atom. The van der Waals surface area contributed by atoms with Crippen LogP contribution in [0, 0.1) is 0 Å². The van der Waals surface area contributed by atoms with E-state index < -0.39 is 60.4 Å². The summed E-state index contributed by atoms with van der Waals surface area (Å²) in [6, 6.07) is 0. The number of nitrogens with zero attached hydrogens (tertiary/aromatic N) is 3. The van der Waals surface area contributed by atoms with Crippen LogP contribution in [0.5, 0.6) is 0 Å². The fourth-order valence-electron chi connectivity index (χ4n) is 3.87. The van der Waals surface area contributed by atoms with Crippen molar-refractivity contribution in [2.45, 2.75) is 51.1 Å². The van der Waals surface area contributed by atoms with E-state index in [2.05, 4.69) is 23.1 Å². The van der Waals surface area contributed by atoms with E-state index in [0.29, 0.717) is 10.9 Å². The van der Waals surface area contributed by atoms with Crippen LogP contribution in [0.25, 0.3) is 11.0 Å². The molecule has 22 heteroatoms. The Morgan fingerprint density at radius 3 is 2.28 bits per heavy atom. The highest BCUT2D eigenvalue weighted by Crippen LogP contribution is 2.66. The zero-order valence-electron chi connectivity index (χ0n) is 20.7. The molecule has 19 nitrogen and oxygen atoms in total. The predicted molar refractivity (Wildman–Crippen MR) is 128 cm³/mol. The molecule has 0 radical (unpaired) electrons. The topological polar surface area (TPSA) is 285 Å². The Bertz CT molecular complexity index is 1310. The molecule has 1 fully saturated rings. The van der Waals surface area contributed by atoms with Crippen LogP contribution in [0.2, 0.25) is 0 Å². The molecule has 6 atom stereocenters. The Morgan fingerprint density at radius 2 is 1.72 bits per heavy atom. The number of hydrogen-bond acceptors (Lipinski definition) is 14. The number of nitrogen functional groups attached to an aromatic ring is 1. The number of rotatable bonds is 13. The van der Waals surface area contributed by atoms with Gasteiger partial charge in [-0.3, -0.25) is 4.52 Å². The van der Waals surface area contributed by atoms with Crippen LogP contribution >= 0.6 is 23.5 Å². The van der Waals surface area contributed by atoms with Gasteiger partial charge in [-0.2, -0.15) is 8.62 Å². The summed E-state index contributed by atoms with van der Waals surface area (Å²) in [5.74, 6) is 0.0561. The van der Waals surface area contributed by atoms with E-state index in [9.17, 15) is 33.7 Å². The van der Waals surface area contributed by atoms with Crippen LogP contribution in [0.15, 0.2) is 12.5 Å². The highest BCUT2D eigenvalue weighted by atomic mass is 31.3. The first-order valence-corrected chi connectivity index (χ1v) is 15.6. The smallest absolute Gasteiger partial charge is 0.387 e. The van der Waals surface area contributed by atoms with Gasteiger partial charge in [0.25, 0.3) is 0 Å². The molecule has 8 N–H and O–H groups in total. The predicted octanol–water partition coefficient (Wildman–Crippen LogP) is 0.438. The lowest BCUT2D eigenvalue weighted by atomic mass is 9.96. The summed E-state index contributed by atoms with van der Waals surface area (Å²) >= 11 is 0. The zero-order valence-corrected chi connectivity index (χ0v) is 23.4. The molecule has 0 aromatic carbocycles. The molecular formula is C17H29N4O15P3. The number of anilines is 1. The molecule has 39 heavy (non-hydrogen) atoms. The number of phosphoric ester groups is 1. The molecule has 3 rings (SSSR count). The second-order valence-electron chi connectivity index (χ2n) is 8.28. The lowest BCUT2D eigenvalue weighted by Crippen LogP contribution is -2.44. The van der Waals surface area contributed by atoms with Gasteiger partial charge < -0.3 is 54.3 Å². The Labute approximate surface area is 220 Å². The highest BCUT2D eigenvalue weighted by molar-refractivity contribution is 7.66. The molecule has 0 aliphatic carbocycles. The number of ether oxygens (including phenoxy) is 3. The summed E-state index contributed by atoms with van der Waals surface area (Å²) < 4.78 is 64.6. The fraction of sp³-hybridized carbons (Fsp3) is 0.647. The number of aromatic nitrogens is 3. The minimum Gasteiger partial charge on any atom is -0.387 e. The average Bonchev–Trinajstić information content (AvgIpc) is 3.26. The number of aliphatic hydroxyl groups is 2. The quantitative estimate of drug-likeness (QED) is 0.118. The summed E-state index contributed by atoms with van der Waals surface area (Å²) in [5, 5.41) is 22.2. The summed E-state index contributed by atoms with van der Waals surface area (Å²) in [5.41, 5.74) is 4.55. The molecule has 0 amide bonds. The van der Waals surface area contributed by atoms with Crippen molar-refractivity contribution >= 4 is 40.3 Å². The maximum atomic E-state index is 12.1. The average molecular weight is 622 g/mol. The van der Waals surface area contributed by atoms with Gasteiger partial charge in [-0.1, -0.05) is 0 Å². The van der Waals surface area contributed by atoms with Gasteiger partial charge in [0.1, 0.15) is 35.6 Å². The zero-order chi connectivity index (χ0) is 29.4. The Kier molecular flexibility index (Phi) is 9.77. The second kappa shape index (κ2) is 11.9. The third kappa shape index (κ3) is 7.48. The molecule has 1 aliphatic rings. The van der Waals surface area contributed by atoms with E-state index in [0.717, 1.165) is 6.33 Å². The molecule has 0 saturated carbocycles. The van der Waals surface area contributed by atoms with Crippen molar-refractivity contribution in [2.24, 2.45) is 0 Å². The van der Waals surface area contributed by atoms with Crippen molar-refractivity contribution in [1.82, 2.24) is 14.5 Å². The minimum absolute atomic E-state index is 0.0561. The number of phosphoric acid groups is 3. The van der Waals surface area contributed by atoms with Gasteiger partial charge in [0.15, 0.2) is 12.5 Å². The monoisotopic (exact) mass is 622 g/mol. The van der Waals surface area contributed by atoms with E-state index in [-0.39, 0.29) is 24.7 Å². The molecule has 222 valence electrons. The van der Waals surface area contributed by atoms with Crippen LogP contribution in [0.3, 0.4) is 0 Å². The fourth-order valence-corrected chi connectivity index (χ4v) is 6.90.